The summed E-state index contributed by atoms with van der Waals surface area (Å²) in [6, 6.07) is 17.1. The zero-order chi connectivity index (χ0) is 15.4. The molecular weight excluding hydrogens is 276 g/mol. The number of para-hydroxylation sites is 2. The molecule has 0 bridgehead atoms. The average Bonchev–Trinajstić information content (AvgIpc) is 2.56. The zero-order valence-corrected chi connectivity index (χ0v) is 12.2. The fourth-order valence-electron chi connectivity index (χ4n) is 2.37. The molecule has 22 heavy (non-hydrogen) atoms. The second kappa shape index (κ2) is 6.41. The van der Waals surface area contributed by atoms with Gasteiger partial charge < -0.3 is 11.1 Å². The molecule has 0 radical (unpaired) electrons. The van der Waals surface area contributed by atoms with Crippen molar-refractivity contribution in [3.8, 4) is 0 Å². The molecule has 0 fully saturated rings. The topological polar surface area (TPSA) is 72.9 Å². The number of hydrogen-bond acceptors (Lipinski definition) is 4. The quantitative estimate of drug-likeness (QED) is 0.758. The van der Waals surface area contributed by atoms with E-state index in [-0.39, 0.29) is 5.56 Å². The Hall–Kier alpha value is -2.66. The number of anilines is 2. The van der Waals surface area contributed by atoms with Gasteiger partial charge in [0.2, 0.25) is 5.95 Å². The third kappa shape index (κ3) is 2.84. The van der Waals surface area contributed by atoms with Crippen LogP contribution in [0.25, 0.3) is 10.9 Å². The van der Waals surface area contributed by atoms with Crippen molar-refractivity contribution in [2.24, 2.45) is 5.73 Å². The van der Waals surface area contributed by atoms with E-state index in [0.29, 0.717) is 29.9 Å². The number of aromatic nitrogens is 2. The third-order valence-electron chi connectivity index (χ3n) is 3.48. The predicted molar refractivity (Wildman–Crippen MR) is 89.4 cm³/mol. The molecule has 5 nitrogen and oxygen atoms in total. The number of rotatable bonds is 5. The molecule has 0 aliphatic carbocycles. The summed E-state index contributed by atoms with van der Waals surface area (Å²) in [6.45, 7) is 1.08. The van der Waals surface area contributed by atoms with Crippen molar-refractivity contribution < 1.29 is 0 Å². The van der Waals surface area contributed by atoms with Gasteiger partial charge in [-0.05, 0) is 37.2 Å². The maximum Gasteiger partial charge on any atom is 0.262 e. The number of nitrogens with zero attached hydrogens (tertiary/aromatic N) is 2. The molecule has 0 saturated heterocycles. The van der Waals surface area contributed by atoms with Gasteiger partial charge in [-0.15, -0.1) is 0 Å². The van der Waals surface area contributed by atoms with E-state index in [9.17, 15) is 4.79 Å². The fraction of sp³-hybridized carbons (Fsp3) is 0.176. The van der Waals surface area contributed by atoms with Gasteiger partial charge >= 0.3 is 0 Å². The number of nitrogens with one attached hydrogen (secondary N) is 1. The number of benzene rings is 2. The van der Waals surface area contributed by atoms with Crippen LogP contribution in [0.4, 0.5) is 11.6 Å². The Balaban J connectivity index is 2.11. The number of fused-ring (bicyclic) bond motifs is 1. The number of hydrogen-bond donors (Lipinski definition) is 2. The largest absolute Gasteiger partial charge is 0.330 e. The summed E-state index contributed by atoms with van der Waals surface area (Å²) in [5, 5.41) is 3.85. The standard InChI is InChI=1S/C17H18N4O/c18-11-6-12-21-16(22)14-9-4-5-10-15(14)20-17(21)19-13-7-2-1-3-8-13/h1-5,7-10H,6,11-12,18H2,(H,19,20). The van der Waals surface area contributed by atoms with E-state index < -0.39 is 0 Å². The van der Waals surface area contributed by atoms with Crippen molar-refractivity contribution in [3.63, 3.8) is 0 Å². The molecule has 2 aromatic carbocycles. The molecule has 3 rings (SSSR count). The molecule has 0 spiro atoms. The minimum absolute atomic E-state index is 0.0440. The molecule has 0 atom stereocenters. The minimum Gasteiger partial charge on any atom is -0.330 e. The van der Waals surface area contributed by atoms with Crippen LogP contribution in [0.3, 0.4) is 0 Å². The molecule has 3 N–H and O–H groups in total. The minimum atomic E-state index is -0.0440. The molecule has 1 aromatic heterocycles. The van der Waals surface area contributed by atoms with Gasteiger partial charge in [-0.3, -0.25) is 9.36 Å². The molecule has 0 amide bonds. The highest BCUT2D eigenvalue weighted by Crippen LogP contribution is 2.16. The van der Waals surface area contributed by atoms with Crippen molar-refractivity contribution in [3.05, 3.63) is 65.0 Å². The van der Waals surface area contributed by atoms with Crippen molar-refractivity contribution in [2.45, 2.75) is 13.0 Å². The maximum atomic E-state index is 12.7. The molecule has 1 heterocycles. The summed E-state index contributed by atoms with van der Waals surface area (Å²) in [7, 11) is 0. The molecule has 112 valence electrons. The van der Waals surface area contributed by atoms with Crippen LogP contribution in [0.15, 0.2) is 59.4 Å². The first kappa shape index (κ1) is 14.3. The van der Waals surface area contributed by atoms with Crippen molar-refractivity contribution in [1.29, 1.82) is 0 Å². The van der Waals surface area contributed by atoms with Gasteiger partial charge in [0.25, 0.3) is 5.56 Å². The molecule has 0 saturated carbocycles. The van der Waals surface area contributed by atoms with E-state index in [1.54, 1.807) is 10.6 Å². The van der Waals surface area contributed by atoms with E-state index in [1.807, 2.05) is 48.5 Å². The second-order valence-electron chi connectivity index (χ2n) is 5.04. The lowest BCUT2D eigenvalue weighted by Crippen LogP contribution is -2.25. The molecule has 5 heteroatoms. The van der Waals surface area contributed by atoms with E-state index in [2.05, 4.69) is 10.3 Å². The van der Waals surface area contributed by atoms with Gasteiger partial charge in [0, 0.05) is 12.2 Å². The maximum absolute atomic E-state index is 12.7. The first-order valence-corrected chi connectivity index (χ1v) is 7.31. The van der Waals surface area contributed by atoms with Crippen molar-refractivity contribution in [1.82, 2.24) is 9.55 Å². The first-order valence-electron chi connectivity index (χ1n) is 7.31. The zero-order valence-electron chi connectivity index (χ0n) is 12.2. The summed E-state index contributed by atoms with van der Waals surface area (Å²) >= 11 is 0. The van der Waals surface area contributed by atoms with E-state index in [0.717, 1.165) is 12.1 Å². The van der Waals surface area contributed by atoms with Crippen LogP contribution in [0.1, 0.15) is 6.42 Å². The Bertz CT molecular complexity index is 827. The lowest BCUT2D eigenvalue weighted by molar-refractivity contribution is 0.633. The summed E-state index contributed by atoms with van der Waals surface area (Å²) in [5.74, 6) is 0.545. The van der Waals surface area contributed by atoms with Gasteiger partial charge in [-0.2, -0.15) is 0 Å². The molecular formula is C17H18N4O. The summed E-state index contributed by atoms with van der Waals surface area (Å²) in [5.41, 5.74) is 7.13. The Morgan fingerprint density at radius 3 is 2.55 bits per heavy atom. The Morgan fingerprint density at radius 1 is 1.05 bits per heavy atom. The van der Waals surface area contributed by atoms with E-state index in [1.165, 1.54) is 0 Å². The first-order chi connectivity index (χ1) is 10.8. The lowest BCUT2D eigenvalue weighted by Gasteiger charge is -2.14. The fourth-order valence-corrected chi connectivity index (χ4v) is 2.37. The smallest absolute Gasteiger partial charge is 0.262 e. The Labute approximate surface area is 128 Å². The van der Waals surface area contributed by atoms with Gasteiger partial charge in [-0.25, -0.2) is 4.98 Å². The summed E-state index contributed by atoms with van der Waals surface area (Å²) in [6.07, 6.45) is 0.726. The van der Waals surface area contributed by atoms with Gasteiger partial charge in [0.1, 0.15) is 0 Å². The van der Waals surface area contributed by atoms with Crippen molar-refractivity contribution >= 4 is 22.5 Å². The highest BCUT2D eigenvalue weighted by atomic mass is 16.1. The van der Waals surface area contributed by atoms with Gasteiger partial charge in [-0.1, -0.05) is 30.3 Å². The summed E-state index contributed by atoms with van der Waals surface area (Å²) < 4.78 is 1.65. The molecule has 0 unspecified atom stereocenters. The van der Waals surface area contributed by atoms with Gasteiger partial charge in [0.05, 0.1) is 10.9 Å². The van der Waals surface area contributed by atoms with Crippen LogP contribution < -0.4 is 16.6 Å². The molecule has 0 aliphatic rings. The van der Waals surface area contributed by atoms with E-state index >= 15 is 0 Å². The Morgan fingerprint density at radius 2 is 1.77 bits per heavy atom. The van der Waals surface area contributed by atoms with Gasteiger partial charge in [0.15, 0.2) is 0 Å². The highest BCUT2D eigenvalue weighted by molar-refractivity contribution is 5.79. The van der Waals surface area contributed by atoms with E-state index in [4.69, 9.17) is 5.73 Å². The Kier molecular flexibility index (Phi) is 4.16. The van der Waals surface area contributed by atoms with Crippen LogP contribution in [0, 0.1) is 0 Å². The highest BCUT2D eigenvalue weighted by Gasteiger charge is 2.10. The lowest BCUT2D eigenvalue weighted by atomic mass is 10.2. The average molecular weight is 294 g/mol. The normalized spacial score (nSPS) is 10.8. The van der Waals surface area contributed by atoms with Crippen LogP contribution in [0.5, 0.6) is 0 Å². The third-order valence-corrected chi connectivity index (χ3v) is 3.48. The van der Waals surface area contributed by atoms with Crippen LogP contribution in [-0.4, -0.2) is 16.1 Å². The molecule has 0 aliphatic heterocycles. The van der Waals surface area contributed by atoms with Crippen LogP contribution >= 0.6 is 0 Å². The monoisotopic (exact) mass is 294 g/mol. The molecule has 3 aromatic rings. The summed E-state index contributed by atoms with van der Waals surface area (Å²) in [4.78, 5) is 17.3. The second-order valence-corrected chi connectivity index (χ2v) is 5.04. The predicted octanol–water partition coefficient (Wildman–Crippen LogP) is 2.49. The van der Waals surface area contributed by atoms with Crippen molar-refractivity contribution in [2.75, 3.05) is 11.9 Å². The number of nitrogens with two attached hydrogens (primary N) is 1. The van der Waals surface area contributed by atoms with Crippen LogP contribution in [0.2, 0.25) is 0 Å². The van der Waals surface area contributed by atoms with Crippen LogP contribution in [-0.2, 0) is 6.54 Å². The SMILES string of the molecule is NCCCn1c(Nc2ccccc2)nc2ccccc2c1=O.